The Labute approximate surface area is 158 Å². The minimum Gasteiger partial charge on any atom is -0.381 e. The summed E-state index contributed by atoms with van der Waals surface area (Å²) in [5.74, 6) is 0.722. The predicted molar refractivity (Wildman–Crippen MR) is 99.9 cm³/mol. The van der Waals surface area contributed by atoms with Gasteiger partial charge in [0.15, 0.2) is 5.96 Å². The second-order valence-electron chi connectivity index (χ2n) is 7.52. The maximum absolute atomic E-state index is 13.2. The van der Waals surface area contributed by atoms with Gasteiger partial charge in [-0.25, -0.2) is 0 Å². The summed E-state index contributed by atoms with van der Waals surface area (Å²) < 4.78 is 45.0. The van der Waals surface area contributed by atoms with Crippen LogP contribution in [0.1, 0.15) is 49.7 Å². The molecule has 0 amide bonds. The molecule has 0 unspecified atom stereocenters. The minimum absolute atomic E-state index is 0.396. The van der Waals surface area contributed by atoms with Crippen molar-refractivity contribution in [2.75, 3.05) is 26.8 Å². The van der Waals surface area contributed by atoms with Crippen molar-refractivity contribution in [3.05, 3.63) is 35.4 Å². The Bertz CT molecular complexity index is 648. The van der Waals surface area contributed by atoms with Gasteiger partial charge in [-0.1, -0.05) is 31.0 Å². The van der Waals surface area contributed by atoms with E-state index in [0.717, 1.165) is 24.9 Å². The molecule has 0 atom stereocenters. The number of hydrogen-bond acceptors (Lipinski definition) is 2. The Kier molecular flexibility index (Phi) is 6.29. The molecule has 0 aromatic heterocycles. The molecule has 1 aliphatic heterocycles. The molecule has 1 aromatic rings. The second-order valence-corrected chi connectivity index (χ2v) is 7.52. The summed E-state index contributed by atoms with van der Waals surface area (Å²) in [6, 6.07) is 6.15. The number of aliphatic imine (C=N–C) groups is 1. The summed E-state index contributed by atoms with van der Waals surface area (Å²) in [7, 11) is 1.73. The lowest BCUT2D eigenvalue weighted by atomic mass is 9.73. The molecule has 1 saturated carbocycles. The fraction of sp³-hybridized carbons (Fsp3) is 0.650. The van der Waals surface area contributed by atoms with Crippen LogP contribution in [0.2, 0.25) is 0 Å². The number of ether oxygens (including phenoxy) is 1. The third-order valence-electron chi connectivity index (χ3n) is 5.77. The molecule has 1 saturated heterocycles. The van der Waals surface area contributed by atoms with Crippen molar-refractivity contribution in [1.82, 2.24) is 10.6 Å². The van der Waals surface area contributed by atoms with E-state index < -0.39 is 17.2 Å². The summed E-state index contributed by atoms with van der Waals surface area (Å²) in [5, 5.41) is 6.80. The topological polar surface area (TPSA) is 45.7 Å². The van der Waals surface area contributed by atoms with Gasteiger partial charge in [0.1, 0.15) is 0 Å². The first-order valence-electron chi connectivity index (χ1n) is 9.66. The zero-order valence-corrected chi connectivity index (χ0v) is 15.7. The molecule has 7 heteroatoms. The van der Waals surface area contributed by atoms with Crippen LogP contribution in [-0.2, 0) is 16.3 Å². The van der Waals surface area contributed by atoms with E-state index in [2.05, 4.69) is 15.6 Å². The molecular formula is C20H28F3N3O. The third kappa shape index (κ3) is 4.94. The van der Waals surface area contributed by atoms with Crippen molar-refractivity contribution < 1.29 is 17.9 Å². The molecule has 4 nitrogen and oxygen atoms in total. The third-order valence-corrected chi connectivity index (χ3v) is 5.77. The summed E-state index contributed by atoms with van der Waals surface area (Å²) >= 11 is 0. The standard InChI is InChI=1S/C20H28F3N3O/c1-24-18(26-17-7-2-3-8-17)25-14-19(9-11-27-12-10-19)15-5-4-6-16(13-15)20(21,22)23/h4-6,13,17H,2-3,7-12,14H2,1H3,(H2,24,25,26). The average molecular weight is 383 g/mol. The molecule has 2 aliphatic rings. The van der Waals surface area contributed by atoms with E-state index in [4.69, 9.17) is 4.74 Å². The van der Waals surface area contributed by atoms with Gasteiger partial charge in [-0.05, 0) is 37.3 Å². The summed E-state index contributed by atoms with van der Waals surface area (Å²) in [5.41, 5.74) is -0.281. The fourth-order valence-electron chi connectivity index (χ4n) is 4.07. The first-order valence-corrected chi connectivity index (χ1v) is 9.66. The quantitative estimate of drug-likeness (QED) is 0.613. The van der Waals surface area contributed by atoms with Gasteiger partial charge in [0.25, 0.3) is 0 Å². The van der Waals surface area contributed by atoms with Crippen LogP contribution in [0.3, 0.4) is 0 Å². The Hall–Kier alpha value is -1.76. The normalized spacial score (nSPS) is 21.3. The van der Waals surface area contributed by atoms with Gasteiger partial charge in [-0.2, -0.15) is 13.2 Å². The van der Waals surface area contributed by atoms with Gasteiger partial charge >= 0.3 is 6.18 Å². The van der Waals surface area contributed by atoms with E-state index in [0.29, 0.717) is 44.2 Å². The molecule has 1 heterocycles. The highest BCUT2D eigenvalue weighted by molar-refractivity contribution is 5.80. The number of alkyl halides is 3. The first-order chi connectivity index (χ1) is 12.9. The highest BCUT2D eigenvalue weighted by Gasteiger charge is 2.37. The van der Waals surface area contributed by atoms with Gasteiger partial charge in [0.05, 0.1) is 5.56 Å². The van der Waals surface area contributed by atoms with Gasteiger partial charge in [-0.3, -0.25) is 4.99 Å². The molecule has 0 radical (unpaired) electrons. The fourth-order valence-corrected chi connectivity index (χ4v) is 4.07. The van der Waals surface area contributed by atoms with Crippen LogP contribution in [0.15, 0.2) is 29.3 Å². The van der Waals surface area contributed by atoms with Gasteiger partial charge < -0.3 is 15.4 Å². The van der Waals surface area contributed by atoms with Gasteiger partial charge in [0, 0.05) is 38.3 Å². The lowest BCUT2D eigenvalue weighted by Crippen LogP contribution is -2.49. The highest BCUT2D eigenvalue weighted by Crippen LogP contribution is 2.37. The van der Waals surface area contributed by atoms with E-state index in [-0.39, 0.29) is 0 Å². The van der Waals surface area contributed by atoms with E-state index in [9.17, 15) is 13.2 Å². The van der Waals surface area contributed by atoms with Crippen molar-refractivity contribution in [2.45, 2.75) is 56.2 Å². The number of benzene rings is 1. The van der Waals surface area contributed by atoms with Gasteiger partial charge in [0.2, 0.25) is 0 Å². The molecule has 1 aliphatic carbocycles. The Morgan fingerprint density at radius 1 is 1.22 bits per heavy atom. The Balaban J connectivity index is 1.76. The zero-order chi connectivity index (χ0) is 19.3. The van der Waals surface area contributed by atoms with Crippen LogP contribution in [0.25, 0.3) is 0 Å². The Morgan fingerprint density at radius 2 is 1.93 bits per heavy atom. The molecule has 3 rings (SSSR count). The molecular weight excluding hydrogens is 355 g/mol. The zero-order valence-electron chi connectivity index (χ0n) is 15.7. The summed E-state index contributed by atoms with van der Waals surface area (Å²) in [6.45, 7) is 1.63. The van der Waals surface area contributed by atoms with Crippen LogP contribution in [0.4, 0.5) is 13.2 Å². The molecule has 1 aromatic carbocycles. The van der Waals surface area contributed by atoms with Crippen molar-refractivity contribution >= 4 is 5.96 Å². The number of rotatable bonds is 4. The molecule has 27 heavy (non-hydrogen) atoms. The number of nitrogens with one attached hydrogen (secondary N) is 2. The van der Waals surface area contributed by atoms with Crippen LogP contribution in [0.5, 0.6) is 0 Å². The van der Waals surface area contributed by atoms with Crippen molar-refractivity contribution in [1.29, 1.82) is 0 Å². The average Bonchev–Trinajstić information content (AvgIpc) is 3.18. The second kappa shape index (κ2) is 8.50. The lowest BCUT2D eigenvalue weighted by molar-refractivity contribution is -0.137. The molecule has 0 bridgehead atoms. The largest absolute Gasteiger partial charge is 0.416 e. The highest BCUT2D eigenvalue weighted by atomic mass is 19.4. The number of halogens is 3. The van der Waals surface area contributed by atoms with Crippen LogP contribution in [0, 0.1) is 0 Å². The van der Waals surface area contributed by atoms with Crippen LogP contribution < -0.4 is 10.6 Å². The van der Waals surface area contributed by atoms with E-state index in [1.165, 1.54) is 25.0 Å². The SMILES string of the molecule is CN=C(NCC1(c2cccc(C(F)(F)F)c2)CCOCC1)NC1CCCC1. The van der Waals surface area contributed by atoms with Crippen molar-refractivity contribution in [2.24, 2.45) is 4.99 Å². The smallest absolute Gasteiger partial charge is 0.381 e. The summed E-state index contributed by atoms with van der Waals surface area (Å²) in [6.07, 6.45) is 1.74. The predicted octanol–water partition coefficient (Wildman–Crippen LogP) is 3.86. The first kappa shape index (κ1) is 20.0. The number of nitrogens with zero attached hydrogens (tertiary/aromatic N) is 1. The maximum atomic E-state index is 13.2. The number of guanidine groups is 1. The van der Waals surface area contributed by atoms with E-state index in [1.807, 2.05) is 0 Å². The molecule has 150 valence electrons. The van der Waals surface area contributed by atoms with Crippen LogP contribution in [-0.4, -0.2) is 38.8 Å². The van der Waals surface area contributed by atoms with Crippen LogP contribution >= 0.6 is 0 Å². The molecule has 2 N–H and O–H groups in total. The van der Waals surface area contributed by atoms with Gasteiger partial charge in [-0.15, -0.1) is 0 Å². The molecule has 0 spiro atoms. The van der Waals surface area contributed by atoms with Crippen molar-refractivity contribution in [3.63, 3.8) is 0 Å². The van der Waals surface area contributed by atoms with Crippen molar-refractivity contribution in [3.8, 4) is 0 Å². The number of hydrogen-bond donors (Lipinski definition) is 2. The lowest BCUT2D eigenvalue weighted by Gasteiger charge is -2.38. The summed E-state index contributed by atoms with van der Waals surface area (Å²) in [4.78, 5) is 4.30. The molecule has 2 fully saturated rings. The monoisotopic (exact) mass is 383 g/mol. The van der Waals surface area contributed by atoms with E-state index in [1.54, 1.807) is 13.1 Å². The van der Waals surface area contributed by atoms with E-state index >= 15 is 0 Å². The maximum Gasteiger partial charge on any atom is 0.416 e. The minimum atomic E-state index is -4.34. The Morgan fingerprint density at radius 3 is 2.56 bits per heavy atom.